The van der Waals surface area contributed by atoms with Gasteiger partial charge in [0.05, 0.1) is 7.11 Å². The lowest BCUT2D eigenvalue weighted by atomic mass is 10.1. The molecule has 0 fully saturated rings. The Morgan fingerprint density at radius 3 is 2.65 bits per heavy atom. The Hall–Kier alpha value is -2.63. The molecule has 134 valence electrons. The van der Waals surface area contributed by atoms with Gasteiger partial charge in [-0.15, -0.1) is 11.3 Å². The standard InChI is InChI=1S/C21H22N2O2S/c1-25-18-10-5-9-17(15-18)23-21(24)20(16-7-3-2-4-8-16)22-13-12-19-11-6-14-26-19/h2-11,14-15,20,22H,12-13H2,1H3,(H,23,24)/t20-/m1/s1. The van der Waals surface area contributed by atoms with E-state index in [9.17, 15) is 4.79 Å². The Balaban J connectivity index is 1.70. The van der Waals surface area contributed by atoms with Crippen molar-refractivity contribution in [3.63, 3.8) is 0 Å². The largest absolute Gasteiger partial charge is 0.497 e. The van der Waals surface area contributed by atoms with E-state index >= 15 is 0 Å². The van der Waals surface area contributed by atoms with Gasteiger partial charge in [0.1, 0.15) is 11.8 Å². The lowest BCUT2D eigenvalue weighted by Crippen LogP contribution is -2.34. The Bertz CT molecular complexity index is 819. The Morgan fingerprint density at radius 2 is 1.92 bits per heavy atom. The molecule has 1 atom stereocenters. The molecule has 2 aromatic carbocycles. The maximum Gasteiger partial charge on any atom is 0.246 e. The van der Waals surface area contributed by atoms with Gasteiger partial charge in [0.25, 0.3) is 0 Å². The minimum absolute atomic E-state index is 0.0874. The van der Waals surface area contributed by atoms with Crippen LogP contribution in [-0.4, -0.2) is 19.6 Å². The molecule has 5 heteroatoms. The molecule has 0 aliphatic heterocycles. The first-order chi connectivity index (χ1) is 12.8. The quantitative estimate of drug-likeness (QED) is 0.626. The first-order valence-corrected chi connectivity index (χ1v) is 9.40. The van der Waals surface area contributed by atoms with Crippen LogP contribution < -0.4 is 15.4 Å². The molecule has 0 aliphatic rings. The van der Waals surface area contributed by atoms with Crippen LogP contribution in [0, 0.1) is 0 Å². The van der Waals surface area contributed by atoms with Crippen LogP contribution in [0.1, 0.15) is 16.5 Å². The lowest BCUT2D eigenvalue weighted by Gasteiger charge is -2.19. The predicted octanol–water partition coefficient (Wildman–Crippen LogP) is 4.27. The van der Waals surface area contributed by atoms with Gasteiger partial charge in [0.2, 0.25) is 5.91 Å². The van der Waals surface area contributed by atoms with Gasteiger partial charge in [-0.2, -0.15) is 0 Å². The summed E-state index contributed by atoms with van der Waals surface area (Å²) in [4.78, 5) is 14.2. The molecule has 1 aromatic heterocycles. The fourth-order valence-corrected chi connectivity index (χ4v) is 3.43. The van der Waals surface area contributed by atoms with Crippen LogP contribution in [0.2, 0.25) is 0 Å². The SMILES string of the molecule is COc1cccc(NC(=O)[C@H](NCCc2cccs2)c2ccccc2)c1. The van der Waals surface area contributed by atoms with Gasteiger partial charge < -0.3 is 15.4 Å². The molecule has 1 amide bonds. The van der Waals surface area contributed by atoms with E-state index in [0.717, 1.165) is 24.2 Å². The second-order valence-electron chi connectivity index (χ2n) is 5.85. The van der Waals surface area contributed by atoms with Gasteiger partial charge in [-0.1, -0.05) is 42.5 Å². The highest BCUT2D eigenvalue weighted by atomic mass is 32.1. The van der Waals surface area contributed by atoms with Crippen molar-refractivity contribution >= 4 is 22.9 Å². The fourth-order valence-electron chi connectivity index (χ4n) is 2.72. The van der Waals surface area contributed by atoms with Crippen LogP contribution in [0.4, 0.5) is 5.69 Å². The molecule has 26 heavy (non-hydrogen) atoms. The third-order valence-electron chi connectivity index (χ3n) is 4.03. The summed E-state index contributed by atoms with van der Waals surface area (Å²) in [6.07, 6.45) is 0.896. The van der Waals surface area contributed by atoms with E-state index < -0.39 is 6.04 Å². The van der Waals surface area contributed by atoms with Gasteiger partial charge in [0.15, 0.2) is 0 Å². The van der Waals surface area contributed by atoms with Crippen molar-refractivity contribution in [2.45, 2.75) is 12.5 Å². The molecular weight excluding hydrogens is 344 g/mol. The van der Waals surface area contributed by atoms with Crippen LogP contribution >= 0.6 is 11.3 Å². The average Bonchev–Trinajstić information content (AvgIpc) is 3.19. The minimum atomic E-state index is -0.414. The molecule has 3 rings (SSSR count). The van der Waals surface area contributed by atoms with E-state index in [1.54, 1.807) is 18.4 Å². The van der Waals surface area contributed by atoms with Crippen LogP contribution in [0.5, 0.6) is 5.75 Å². The summed E-state index contributed by atoms with van der Waals surface area (Å²) in [5, 5.41) is 8.44. The van der Waals surface area contributed by atoms with E-state index in [1.807, 2.05) is 60.7 Å². The smallest absolute Gasteiger partial charge is 0.246 e. The van der Waals surface area contributed by atoms with E-state index in [2.05, 4.69) is 22.1 Å². The number of rotatable bonds is 8. The lowest BCUT2D eigenvalue weighted by molar-refractivity contribution is -0.118. The first-order valence-electron chi connectivity index (χ1n) is 8.52. The average molecular weight is 366 g/mol. The summed E-state index contributed by atoms with van der Waals surface area (Å²) in [5.74, 6) is 0.625. The van der Waals surface area contributed by atoms with E-state index in [0.29, 0.717) is 5.75 Å². The number of amides is 1. The molecule has 0 radical (unpaired) electrons. The molecular formula is C21H22N2O2S. The highest BCUT2D eigenvalue weighted by Gasteiger charge is 2.20. The van der Waals surface area contributed by atoms with Crippen molar-refractivity contribution in [2.75, 3.05) is 19.0 Å². The number of thiophene rings is 1. The second kappa shape index (κ2) is 9.17. The summed E-state index contributed by atoms with van der Waals surface area (Å²) in [7, 11) is 1.61. The predicted molar refractivity (Wildman–Crippen MR) is 107 cm³/mol. The highest BCUT2D eigenvalue weighted by molar-refractivity contribution is 7.09. The third kappa shape index (κ3) is 4.94. The molecule has 2 N–H and O–H groups in total. The third-order valence-corrected chi connectivity index (χ3v) is 4.97. The van der Waals surface area contributed by atoms with E-state index in [4.69, 9.17) is 4.74 Å². The van der Waals surface area contributed by atoms with E-state index in [-0.39, 0.29) is 5.91 Å². The van der Waals surface area contributed by atoms with Gasteiger partial charge in [-0.05, 0) is 35.6 Å². The number of carbonyl (C=O) groups excluding carboxylic acids is 1. The van der Waals surface area contributed by atoms with Crippen LogP contribution in [-0.2, 0) is 11.2 Å². The molecule has 0 aliphatic carbocycles. The van der Waals surface area contributed by atoms with Crippen molar-refractivity contribution < 1.29 is 9.53 Å². The van der Waals surface area contributed by atoms with Crippen molar-refractivity contribution in [2.24, 2.45) is 0 Å². The molecule has 0 bridgehead atoms. The number of nitrogens with one attached hydrogen (secondary N) is 2. The maximum atomic E-state index is 12.9. The molecule has 0 saturated heterocycles. The van der Waals surface area contributed by atoms with Gasteiger partial charge >= 0.3 is 0 Å². The summed E-state index contributed by atoms with van der Waals surface area (Å²) < 4.78 is 5.22. The zero-order valence-corrected chi connectivity index (χ0v) is 15.5. The van der Waals surface area contributed by atoms with Crippen molar-refractivity contribution in [3.05, 3.63) is 82.6 Å². The van der Waals surface area contributed by atoms with Gasteiger partial charge in [0, 0.05) is 23.2 Å². The summed E-state index contributed by atoms with van der Waals surface area (Å²) >= 11 is 1.73. The minimum Gasteiger partial charge on any atom is -0.497 e. The Kier molecular flexibility index (Phi) is 6.41. The topological polar surface area (TPSA) is 50.4 Å². The maximum absolute atomic E-state index is 12.9. The molecule has 3 aromatic rings. The summed E-state index contributed by atoms with van der Waals surface area (Å²) in [6.45, 7) is 0.728. The number of methoxy groups -OCH3 is 1. The fraction of sp³-hybridized carbons (Fsp3) is 0.190. The summed E-state index contributed by atoms with van der Waals surface area (Å²) in [5.41, 5.74) is 1.66. The van der Waals surface area contributed by atoms with Crippen molar-refractivity contribution in [1.82, 2.24) is 5.32 Å². The normalized spacial score (nSPS) is 11.7. The zero-order valence-electron chi connectivity index (χ0n) is 14.6. The number of carbonyl (C=O) groups is 1. The van der Waals surface area contributed by atoms with Gasteiger partial charge in [-0.3, -0.25) is 4.79 Å². The number of anilines is 1. The molecule has 0 saturated carbocycles. The van der Waals surface area contributed by atoms with Crippen molar-refractivity contribution in [3.8, 4) is 5.75 Å². The van der Waals surface area contributed by atoms with E-state index in [1.165, 1.54) is 4.88 Å². The van der Waals surface area contributed by atoms with Crippen LogP contribution in [0.3, 0.4) is 0 Å². The molecule has 1 heterocycles. The monoisotopic (exact) mass is 366 g/mol. The molecule has 4 nitrogen and oxygen atoms in total. The highest BCUT2D eigenvalue weighted by Crippen LogP contribution is 2.20. The summed E-state index contributed by atoms with van der Waals surface area (Å²) in [6, 6.07) is 20.9. The molecule has 0 spiro atoms. The number of hydrogen-bond donors (Lipinski definition) is 2. The second-order valence-corrected chi connectivity index (χ2v) is 6.88. The first kappa shape index (κ1) is 18.2. The number of ether oxygens (including phenoxy) is 1. The van der Waals surface area contributed by atoms with Crippen molar-refractivity contribution in [1.29, 1.82) is 0 Å². The number of benzene rings is 2. The van der Waals surface area contributed by atoms with Crippen LogP contribution in [0.25, 0.3) is 0 Å². The van der Waals surface area contributed by atoms with Crippen LogP contribution in [0.15, 0.2) is 72.1 Å². The Morgan fingerprint density at radius 1 is 1.08 bits per heavy atom. The Labute approximate surface area is 157 Å². The molecule has 0 unspecified atom stereocenters. The number of hydrogen-bond acceptors (Lipinski definition) is 4. The van der Waals surface area contributed by atoms with Gasteiger partial charge in [-0.25, -0.2) is 0 Å². The zero-order chi connectivity index (χ0) is 18.2.